The fraction of sp³-hybridized carbons (Fsp3) is 0.200. The summed E-state index contributed by atoms with van der Waals surface area (Å²) in [7, 11) is 0. The summed E-state index contributed by atoms with van der Waals surface area (Å²) < 4.78 is 9.49. The minimum absolute atomic E-state index is 0.0293. The number of allylic oxidation sites excluding steroid dienone is 2. The predicted molar refractivity (Wildman–Crippen MR) is 146 cm³/mol. The summed E-state index contributed by atoms with van der Waals surface area (Å²) in [4.78, 5) is 27.8. The molecule has 0 saturated heterocycles. The molecule has 1 unspecified atom stereocenters. The highest BCUT2D eigenvalue weighted by atomic mass is 79.9. The largest absolute Gasteiger partial charge is 0.444 e. The van der Waals surface area contributed by atoms with E-state index >= 15 is 0 Å². The summed E-state index contributed by atoms with van der Waals surface area (Å²) in [5.74, 6) is 0.588. The fourth-order valence-corrected chi connectivity index (χ4v) is 5.91. The number of rotatable bonds is 2. The number of aromatic nitrogens is 1. The maximum atomic E-state index is 14.1. The highest BCUT2D eigenvalue weighted by Crippen LogP contribution is 2.50. The number of ketones is 1. The molecule has 0 saturated carbocycles. The first-order valence-electron chi connectivity index (χ1n) is 11.9. The topological polar surface area (TPSA) is 48.3 Å². The van der Waals surface area contributed by atoms with Crippen molar-refractivity contribution in [3.8, 4) is 11.6 Å². The van der Waals surface area contributed by atoms with E-state index in [0.29, 0.717) is 51.5 Å². The maximum Gasteiger partial charge on any atom is 0.212 e. The molecular weight excluding hydrogens is 538 g/mol. The number of fused-ring (bicyclic) bond motifs is 2. The second-order valence-corrected chi connectivity index (χ2v) is 11.6. The van der Waals surface area contributed by atoms with Crippen LogP contribution in [0.2, 0.25) is 5.02 Å². The molecule has 0 bridgehead atoms. The zero-order valence-electron chi connectivity index (χ0n) is 19.8. The van der Waals surface area contributed by atoms with Crippen LogP contribution in [0, 0.1) is 5.41 Å². The van der Waals surface area contributed by atoms with Crippen LogP contribution in [0.15, 0.2) is 93.4 Å². The second kappa shape index (κ2) is 8.46. The van der Waals surface area contributed by atoms with Crippen molar-refractivity contribution in [1.29, 1.82) is 0 Å². The van der Waals surface area contributed by atoms with Gasteiger partial charge in [0.25, 0.3) is 0 Å². The average Bonchev–Trinajstić information content (AvgIpc) is 2.83. The van der Waals surface area contributed by atoms with Crippen molar-refractivity contribution in [2.75, 3.05) is 0 Å². The molecule has 36 heavy (non-hydrogen) atoms. The highest BCUT2D eigenvalue weighted by Gasteiger charge is 2.44. The molecule has 6 rings (SSSR count). The van der Waals surface area contributed by atoms with Gasteiger partial charge in [0.15, 0.2) is 11.2 Å². The molecule has 1 aliphatic carbocycles. The predicted octanol–water partition coefficient (Wildman–Crippen LogP) is 7.57. The number of halogens is 2. The fourth-order valence-electron chi connectivity index (χ4n) is 5.48. The van der Waals surface area contributed by atoms with Crippen molar-refractivity contribution in [2.24, 2.45) is 5.41 Å². The molecule has 2 heterocycles. The van der Waals surface area contributed by atoms with Gasteiger partial charge in [-0.3, -0.25) is 14.2 Å². The van der Waals surface area contributed by atoms with Gasteiger partial charge in [-0.25, -0.2) is 0 Å². The van der Waals surface area contributed by atoms with E-state index in [1.165, 1.54) is 0 Å². The smallest absolute Gasteiger partial charge is 0.212 e. The van der Waals surface area contributed by atoms with E-state index in [-0.39, 0.29) is 16.6 Å². The number of nitrogens with zero attached hydrogens (tertiary/aromatic N) is 1. The van der Waals surface area contributed by atoms with E-state index in [2.05, 4.69) is 29.8 Å². The number of Topliss-reactive ketones (excluding diaryl/α,β-unsaturated/α-hetero) is 1. The monoisotopic (exact) mass is 559 g/mol. The van der Waals surface area contributed by atoms with Crippen molar-refractivity contribution in [2.45, 2.75) is 32.6 Å². The minimum Gasteiger partial charge on any atom is -0.444 e. The third-order valence-corrected chi connectivity index (χ3v) is 7.78. The third-order valence-electron chi connectivity index (χ3n) is 7.02. The minimum atomic E-state index is -0.525. The number of ether oxygens (including phenoxy) is 1. The molecule has 4 aromatic rings. The Labute approximate surface area is 222 Å². The Kier molecular flexibility index (Phi) is 5.47. The Morgan fingerprint density at radius 2 is 1.69 bits per heavy atom. The molecule has 4 nitrogen and oxygen atoms in total. The molecule has 180 valence electrons. The lowest BCUT2D eigenvalue weighted by Crippen LogP contribution is -2.36. The molecular formula is C30H23BrClNO3. The van der Waals surface area contributed by atoms with Crippen molar-refractivity contribution in [3.05, 3.63) is 115 Å². The molecule has 1 atom stereocenters. The number of hydrogen-bond donors (Lipinski definition) is 0. The van der Waals surface area contributed by atoms with E-state index in [1.54, 1.807) is 18.2 Å². The highest BCUT2D eigenvalue weighted by molar-refractivity contribution is 9.10. The molecule has 0 radical (unpaired) electrons. The van der Waals surface area contributed by atoms with Crippen LogP contribution in [0.1, 0.15) is 43.7 Å². The van der Waals surface area contributed by atoms with Gasteiger partial charge < -0.3 is 4.74 Å². The molecule has 0 amide bonds. The van der Waals surface area contributed by atoms with E-state index in [0.717, 1.165) is 15.7 Å². The van der Waals surface area contributed by atoms with Crippen molar-refractivity contribution in [1.82, 2.24) is 4.57 Å². The number of para-hydroxylation sites is 1. The molecule has 1 aromatic heterocycles. The van der Waals surface area contributed by atoms with Gasteiger partial charge in [-0.2, -0.15) is 0 Å². The normalized spacial score (nSPS) is 18.6. The average molecular weight is 561 g/mol. The van der Waals surface area contributed by atoms with Gasteiger partial charge in [0.1, 0.15) is 5.76 Å². The third kappa shape index (κ3) is 3.73. The van der Waals surface area contributed by atoms with Crippen molar-refractivity contribution in [3.63, 3.8) is 0 Å². The van der Waals surface area contributed by atoms with Gasteiger partial charge in [-0.05, 0) is 53.4 Å². The standard InChI is InChI=1S/C30H23BrClNO3/c1-30(2)15-23(34)26-24(16-30)36-29-27(25(26)17-8-10-18(31)11-9-17)28(35)21-13-12-19(32)14-22(21)33(29)20-6-4-3-5-7-20/h3-14,25H,15-16H2,1-2H3. The first kappa shape index (κ1) is 23.3. The molecule has 2 aliphatic rings. The van der Waals surface area contributed by atoms with Crippen LogP contribution < -0.4 is 10.2 Å². The van der Waals surface area contributed by atoms with Crippen LogP contribution in [0.4, 0.5) is 0 Å². The SMILES string of the molecule is CC1(C)CC(=O)C2=C(C1)Oc1c(c(=O)c3ccc(Cl)cc3n1-c1ccccc1)C2c1ccc(Br)cc1. The van der Waals surface area contributed by atoms with Crippen LogP contribution in [0.5, 0.6) is 5.88 Å². The van der Waals surface area contributed by atoms with E-state index in [9.17, 15) is 9.59 Å². The summed E-state index contributed by atoms with van der Waals surface area (Å²) in [6.45, 7) is 4.15. The van der Waals surface area contributed by atoms with Crippen LogP contribution >= 0.6 is 27.5 Å². The van der Waals surface area contributed by atoms with Gasteiger partial charge in [0, 0.05) is 39.0 Å². The van der Waals surface area contributed by atoms with Gasteiger partial charge in [-0.15, -0.1) is 0 Å². The van der Waals surface area contributed by atoms with Crippen LogP contribution in [0.3, 0.4) is 0 Å². The van der Waals surface area contributed by atoms with Crippen LogP contribution in [0.25, 0.3) is 16.6 Å². The number of carbonyl (C=O) groups excluding carboxylic acids is 1. The van der Waals surface area contributed by atoms with Crippen molar-refractivity contribution < 1.29 is 9.53 Å². The maximum absolute atomic E-state index is 14.1. The van der Waals surface area contributed by atoms with E-state index < -0.39 is 5.92 Å². The number of carbonyl (C=O) groups is 1. The summed E-state index contributed by atoms with van der Waals surface area (Å²) >= 11 is 9.92. The lowest BCUT2D eigenvalue weighted by atomic mass is 9.70. The first-order chi connectivity index (χ1) is 17.2. The molecule has 0 fully saturated rings. The van der Waals surface area contributed by atoms with Gasteiger partial charge >= 0.3 is 0 Å². The Morgan fingerprint density at radius 3 is 2.42 bits per heavy atom. The molecule has 0 spiro atoms. The lowest BCUT2D eigenvalue weighted by Gasteiger charge is -2.39. The quantitative estimate of drug-likeness (QED) is 0.254. The Morgan fingerprint density at radius 1 is 0.972 bits per heavy atom. The summed E-state index contributed by atoms with van der Waals surface area (Å²) in [5.41, 5.74) is 3.07. The van der Waals surface area contributed by atoms with E-state index in [4.69, 9.17) is 16.3 Å². The molecule has 1 aliphatic heterocycles. The second-order valence-electron chi connectivity index (χ2n) is 10.2. The lowest BCUT2D eigenvalue weighted by molar-refractivity contribution is -0.118. The Balaban J connectivity index is 1.76. The van der Waals surface area contributed by atoms with Crippen LogP contribution in [-0.2, 0) is 4.79 Å². The number of benzene rings is 3. The van der Waals surface area contributed by atoms with E-state index in [1.807, 2.05) is 59.2 Å². The Bertz CT molecular complexity index is 1640. The van der Waals surface area contributed by atoms with Crippen molar-refractivity contribution >= 4 is 44.2 Å². The Hall–Kier alpha value is -3.15. The van der Waals surface area contributed by atoms with Gasteiger partial charge in [0.05, 0.1) is 17.0 Å². The number of hydrogen-bond acceptors (Lipinski definition) is 3. The molecule has 3 aromatic carbocycles. The summed E-state index contributed by atoms with van der Waals surface area (Å²) in [6, 6.07) is 22.9. The molecule has 0 N–H and O–H groups in total. The first-order valence-corrected chi connectivity index (χ1v) is 13.0. The summed E-state index contributed by atoms with van der Waals surface area (Å²) in [6.07, 6.45) is 1.02. The van der Waals surface area contributed by atoms with Crippen LogP contribution in [-0.4, -0.2) is 10.4 Å². The zero-order chi connectivity index (χ0) is 25.2. The summed E-state index contributed by atoms with van der Waals surface area (Å²) in [5, 5.41) is 1.06. The number of pyridine rings is 1. The zero-order valence-corrected chi connectivity index (χ0v) is 22.2. The van der Waals surface area contributed by atoms with Gasteiger partial charge in [-0.1, -0.05) is 71.7 Å². The van der Waals surface area contributed by atoms with Gasteiger partial charge in [0.2, 0.25) is 5.88 Å². The molecule has 6 heteroatoms.